The molecule has 0 radical (unpaired) electrons. The summed E-state index contributed by atoms with van der Waals surface area (Å²) in [4.78, 5) is 47.6. The second-order valence-corrected chi connectivity index (χ2v) is 6.14. The van der Waals surface area contributed by atoms with Crippen molar-refractivity contribution in [2.45, 2.75) is 20.8 Å². The summed E-state index contributed by atoms with van der Waals surface area (Å²) in [6, 6.07) is 7.07. The van der Waals surface area contributed by atoms with Gasteiger partial charge in [-0.3, -0.25) is 14.9 Å². The fourth-order valence-corrected chi connectivity index (χ4v) is 2.51. The van der Waals surface area contributed by atoms with Crippen LogP contribution in [-0.2, 0) is 19.1 Å². The van der Waals surface area contributed by atoms with Crippen LogP contribution in [0.5, 0.6) is 5.75 Å². The van der Waals surface area contributed by atoms with E-state index < -0.39 is 37.0 Å². The Labute approximate surface area is 172 Å². The first-order valence-electron chi connectivity index (χ1n) is 8.98. The average Bonchev–Trinajstić information content (AvgIpc) is 3.01. The highest BCUT2D eigenvalue weighted by atomic mass is 16.6. The summed E-state index contributed by atoms with van der Waals surface area (Å²) in [5.41, 5.74) is 5.76. The Balaban J connectivity index is 1.96. The van der Waals surface area contributed by atoms with Crippen molar-refractivity contribution in [3.05, 3.63) is 46.7 Å². The normalized spacial score (nSPS) is 10.2. The molecule has 0 saturated heterocycles. The zero-order chi connectivity index (χ0) is 22.3. The number of hydrogen-bond acceptors (Lipinski definition) is 8. The van der Waals surface area contributed by atoms with Crippen molar-refractivity contribution >= 4 is 29.6 Å². The summed E-state index contributed by atoms with van der Waals surface area (Å²) in [6.45, 7) is 3.90. The molecule has 1 aromatic carbocycles. The van der Waals surface area contributed by atoms with Crippen molar-refractivity contribution in [1.82, 2.24) is 0 Å². The van der Waals surface area contributed by atoms with Crippen LogP contribution in [0.3, 0.4) is 0 Å². The molecule has 0 bridgehead atoms. The van der Waals surface area contributed by atoms with Crippen LogP contribution in [0.25, 0.3) is 0 Å². The average molecular weight is 418 g/mol. The number of esters is 2. The number of hydrogen-bond donors (Lipinski definition) is 2. The monoisotopic (exact) mass is 418 g/mol. The first-order valence-corrected chi connectivity index (χ1v) is 8.98. The van der Waals surface area contributed by atoms with Crippen LogP contribution in [0, 0.1) is 13.8 Å². The van der Waals surface area contributed by atoms with E-state index in [4.69, 9.17) is 24.4 Å². The molecule has 3 N–H and O–H groups in total. The number of amides is 2. The zero-order valence-electron chi connectivity index (χ0n) is 16.8. The van der Waals surface area contributed by atoms with Gasteiger partial charge in [-0.15, -0.1) is 0 Å². The van der Waals surface area contributed by atoms with Crippen LogP contribution in [0.2, 0.25) is 0 Å². The lowest BCUT2D eigenvalue weighted by atomic mass is 10.1. The van der Waals surface area contributed by atoms with Crippen LogP contribution < -0.4 is 15.8 Å². The Hall–Kier alpha value is -3.82. The first-order chi connectivity index (χ1) is 14.2. The number of carbonyl (C=O) groups is 4. The molecule has 0 atom stereocenters. The van der Waals surface area contributed by atoms with Crippen molar-refractivity contribution < 1.29 is 37.8 Å². The summed E-state index contributed by atoms with van der Waals surface area (Å²) in [7, 11) is 0. The minimum Gasteiger partial charge on any atom is -0.482 e. The summed E-state index contributed by atoms with van der Waals surface area (Å²) >= 11 is 0. The number of ether oxygens (including phenoxy) is 3. The van der Waals surface area contributed by atoms with E-state index in [-0.39, 0.29) is 29.4 Å². The highest BCUT2D eigenvalue weighted by Crippen LogP contribution is 2.27. The molecule has 0 saturated carbocycles. The summed E-state index contributed by atoms with van der Waals surface area (Å²) in [5, 5.41) is 2.25. The number of nitrogens with two attached hydrogens (primary N) is 1. The third-order valence-electron chi connectivity index (χ3n) is 3.77. The first kappa shape index (κ1) is 22.5. The molecule has 10 nitrogen and oxygen atoms in total. The Morgan fingerprint density at radius 3 is 2.43 bits per heavy atom. The predicted octanol–water partition coefficient (Wildman–Crippen LogP) is 1.73. The van der Waals surface area contributed by atoms with Crippen molar-refractivity contribution in [1.29, 1.82) is 0 Å². The predicted molar refractivity (Wildman–Crippen MR) is 104 cm³/mol. The summed E-state index contributed by atoms with van der Waals surface area (Å²) < 4.78 is 20.2. The highest BCUT2D eigenvalue weighted by Gasteiger charge is 2.29. The largest absolute Gasteiger partial charge is 0.482 e. The molecule has 2 aromatic rings. The number of aryl methyl sites for hydroxylation is 2. The molecule has 0 spiro atoms. The topological polar surface area (TPSA) is 147 Å². The van der Waals surface area contributed by atoms with E-state index in [2.05, 4.69) is 5.32 Å². The fourth-order valence-electron chi connectivity index (χ4n) is 2.51. The Kier molecular flexibility index (Phi) is 7.56. The second-order valence-electron chi connectivity index (χ2n) is 6.14. The maximum Gasteiger partial charge on any atom is 0.344 e. The van der Waals surface area contributed by atoms with Gasteiger partial charge in [0.2, 0.25) is 5.88 Å². The molecule has 30 heavy (non-hydrogen) atoms. The molecule has 0 unspecified atom stereocenters. The van der Waals surface area contributed by atoms with Gasteiger partial charge in [0.25, 0.3) is 11.8 Å². The molecular weight excluding hydrogens is 396 g/mol. The third-order valence-corrected chi connectivity index (χ3v) is 3.77. The third kappa shape index (κ3) is 5.84. The molecule has 0 aliphatic rings. The Morgan fingerprint density at radius 1 is 1.07 bits per heavy atom. The molecule has 0 aliphatic carbocycles. The van der Waals surface area contributed by atoms with E-state index in [1.165, 1.54) is 6.92 Å². The highest BCUT2D eigenvalue weighted by molar-refractivity contribution is 6.10. The quantitative estimate of drug-likeness (QED) is 0.585. The van der Waals surface area contributed by atoms with E-state index in [0.29, 0.717) is 5.75 Å². The lowest BCUT2D eigenvalue weighted by Crippen LogP contribution is -2.25. The van der Waals surface area contributed by atoms with E-state index in [1.807, 2.05) is 13.0 Å². The summed E-state index contributed by atoms with van der Waals surface area (Å²) in [6.07, 6.45) is 0. The van der Waals surface area contributed by atoms with Crippen LogP contribution in [-0.4, -0.2) is 43.6 Å². The number of benzene rings is 1. The molecule has 2 rings (SSSR count). The van der Waals surface area contributed by atoms with Gasteiger partial charge in [0.1, 0.15) is 22.6 Å². The molecule has 1 aromatic heterocycles. The standard InChI is InChI=1S/C20H22N2O8/c1-4-27-20(26)16-12(3)30-19(17(16)18(21)25)22-14(23)9-29-15(24)10-28-13-7-5-6-11(2)8-13/h5-8H,4,9-10H2,1-3H3,(H2,21,25)(H,22,23). The number of anilines is 1. The SMILES string of the molecule is CCOC(=O)c1c(C)oc(NC(=O)COC(=O)COc2cccc(C)c2)c1C(N)=O. The van der Waals surface area contributed by atoms with Gasteiger partial charge in [-0.25, -0.2) is 9.59 Å². The maximum atomic E-state index is 12.1. The number of nitrogens with one attached hydrogen (secondary N) is 1. The molecule has 2 amide bonds. The number of carbonyl (C=O) groups excluding carboxylic acids is 4. The molecule has 0 aliphatic heterocycles. The molecule has 10 heteroatoms. The van der Waals surface area contributed by atoms with Crippen molar-refractivity contribution in [2.24, 2.45) is 5.73 Å². The van der Waals surface area contributed by atoms with Gasteiger partial charge in [-0.1, -0.05) is 12.1 Å². The second kappa shape index (κ2) is 10.1. The van der Waals surface area contributed by atoms with E-state index in [0.717, 1.165) is 5.56 Å². The van der Waals surface area contributed by atoms with E-state index >= 15 is 0 Å². The van der Waals surface area contributed by atoms with Crippen molar-refractivity contribution in [2.75, 3.05) is 25.1 Å². The molecule has 1 heterocycles. The van der Waals surface area contributed by atoms with Gasteiger partial charge in [0.05, 0.1) is 6.61 Å². The van der Waals surface area contributed by atoms with Crippen LogP contribution >= 0.6 is 0 Å². The van der Waals surface area contributed by atoms with Gasteiger partial charge in [0.15, 0.2) is 13.2 Å². The lowest BCUT2D eigenvalue weighted by Gasteiger charge is -2.08. The number of rotatable bonds is 9. The lowest BCUT2D eigenvalue weighted by molar-refractivity contribution is -0.149. The Bertz CT molecular complexity index is 964. The van der Waals surface area contributed by atoms with Crippen LogP contribution in [0.4, 0.5) is 5.88 Å². The smallest absolute Gasteiger partial charge is 0.344 e. The fraction of sp³-hybridized carbons (Fsp3) is 0.300. The molecular formula is C20H22N2O8. The van der Waals surface area contributed by atoms with Crippen LogP contribution in [0.1, 0.15) is 39.0 Å². The maximum absolute atomic E-state index is 12.1. The zero-order valence-corrected chi connectivity index (χ0v) is 16.8. The Morgan fingerprint density at radius 2 is 1.80 bits per heavy atom. The van der Waals surface area contributed by atoms with Gasteiger partial charge >= 0.3 is 11.9 Å². The number of furan rings is 1. The van der Waals surface area contributed by atoms with E-state index in [9.17, 15) is 19.2 Å². The molecule has 160 valence electrons. The molecule has 0 fully saturated rings. The van der Waals surface area contributed by atoms with Crippen molar-refractivity contribution in [3.8, 4) is 5.75 Å². The van der Waals surface area contributed by atoms with E-state index in [1.54, 1.807) is 25.1 Å². The minimum atomic E-state index is -0.992. The van der Waals surface area contributed by atoms with Gasteiger partial charge < -0.3 is 24.4 Å². The number of primary amides is 1. The van der Waals surface area contributed by atoms with Gasteiger partial charge in [-0.05, 0) is 38.5 Å². The van der Waals surface area contributed by atoms with Gasteiger partial charge in [-0.2, -0.15) is 0 Å². The summed E-state index contributed by atoms with van der Waals surface area (Å²) in [5.74, 6) is -3.18. The van der Waals surface area contributed by atoms with Gasteiger partial charge in [0, 0.05) is 0 Å². The minimum absolute atomic E-state index is 0.0427. The van der Waals surface area contributed by atoms with Crippen LogP contribution in [0.15, 0.2) is 28.7 Å². The van der Waals surface area contributed by atoms with Crippen molar-refractivity contribution in [3.63, 3.8) is 0 Å².